The Hall–Kier alpha value is -2.05. The highest BCUT2D eigenvalue weighted by atomic mass is 16.6. The fraction of sp³-hybridized carbons (Fsp3) is 0.500. The molecule has 5 nitrogen and oxygen atoms in total. The number of ketones is 1. The van der Waals surface area contributed by atoms with Crippen LogP contribution >= 0.6 is 0 Å². The Labute approximate surface area is 181 Å². The SMILES string of the molecule is O=C1[C@@]2(c3ccccc3)[C@@H]3O[C@@]45CCCO[C@@H]4[C@](c4ccccc4)(C52O)[C@]13CCCO. The molecule has 2 aromatic rings. The predicted octanol–water partition coefficient (Wildman–Crippen LogP) is 2.28. The highest BCUT2D eigenvalue weighted by Crippen LogP contribution is 2.93. The van der Waals surface area contributed by atoms with Crippen LogP contribution in [0.25, 0.3) is 0 Å². The van der Waals surface area contributed by atoms with Gasteiger partial charge < -0.3 is 19.7 Å². The Bertz CT molecular complexity index is 1090. The standard InChI is InChI=1S/C26H26O5/c27-15-7-13-22-19(28)24(17-9-3-1-4-10-17)20(22)31-23-14-8-16-30-21(23)25(22,26(23,24)29)18-11-5-2-6-12-18/h1-6,9-12,20-21,27,29H,7-8,13-16H2/t20-,21+,22-,23+,24+,25+,26?/m1/s1. The number of ether oxygens (including phenoxy) is 2. The zero-order chi connectivity index (χ0) is 21.1. The van der Waals surface area contributed by atoms with Gasteiger partial charge in [0.25, 0.3) is 0 Å². The van der Waals surface area contributed by atoms with E-state index in [0.717, 1.165) is 17.5 Å². The third-order valence-electron chi connectivity index (χ3n) is 9.37. The van der Waals surface area contributed by atoms with Crippen molar-refractivity contribution in [2.24, 2.45) is 5.41 Å². The zero-order valence-electron chi connectivity index (χ0n) is 17.3. The van der Waals surface area contributed by atoms with Crippen molar-refractivity contribution in [2.75, 3.05) is 13.2 Å². The Kier molecular flexibility index (Phi) is 3.26. The van der Waals surface area contributed by atoms with Gasteiger partial charge in [0.2, 0.25) is 0 Å². The van der Waals surface area contributed by atoms with Crippen molar-refractivity contribution in [1.82, 2.24) is 0 Å². The maximum Gasteiger partial charge on any atom is 0.159 e. The average molecular weight is 418 g/mol. The molecular formula is C26H26O5. The minimum atomic E-state index is -1.38. The molecule has 2 aliphatic heterocycles. The summed E-state index contributed by atoms with van der Waals surface area (Å²) in [6, 6.07) is 19.7. The van der Waals surface area contributed by atoms with Crippen molar-refractivity contribution in [2.45, 2.75) is 59.9 Å². The van der Waals surface area contributed by atoms with Crippen LogP contribution in [0.2, 0.25) is 0 Å². The fourth-order valence-corrected chi connectivity index (χ4v) is 8.83. The van der Waals surface area contributed by atoms with Crippen LogP contribution < -0.4 is 0 Å². The quantitative estimate of drug-likeness (QED) is 0.779. The lowest BCUT2D eigenvalue weighted by Gasteiger charge is -2.74. The maximum atomic E-state index is 14.4. The molecule has 160 valence electrons. The van der Waals surface area contributed by atoms with E-state index < -0.39 is 33.6 Å². The molecule has 3 saturated carbocycles. The number of carbonyl (C=O) groups excluding carboxylic acids is 1. The first-order valence-corrected chi connectivity index (χ1v) is 11.4. The minimum Gasteiger partial charge on any atom is -0.396 e. The van der Waals surface area contributed by atoms with E-state index >= 15 is 0 Å². The van der Waals surface area contributed by atoms with Gasteiger partial charge in [-0.3, -0.25) is 4.79 Å². The number of hydrogen-bond acceptors (Lipinski definition) is 5. The van der Waals surface area contributed by atoms with Crippen LogP contribution in [0.5, 0.6) is 0 Å². The first-order chi connectivity index (χ1) is 15.1. The lowest BCUT2D eigenvalue weighted by molar-refractivity contribution is -0.395. The molecule has 3 aliphatic carbocycles. The van der Waals surface area contributed by atoms with Gasteiger partial charge in [0.05, 0.1) is 16.9 Å². The molecule has 5 aliphatic rings. The molecular weight excluding hydrogens is 392 g/mol. The van der Waals surface area contributed by atoms with E-state index in [1.807, 2.05) is 60.7 Å². The van der Waals surface area contributed by atoms with Gasteiger partial charge in [-0.15, -0.1) is 0 Å². The van der Waals surface area contributed by atoms with E-state index in [9.17, 15) is 15.0 Å². The van der Waals surface area contributed by atoms with E-state index in [4.69, 9.17) is 9.47 Å². The van der Waals surface area contributed by atoms with E-state index in [-0.39, 0.29) is 18.5 Å². The van der Waals surface area contributed by atoms with Crippen molar-refractivity contribution in [1.29, 1.82) is 0 Å². The molecule has 2 aromatic carbocycles. The maximum absolute atomic E-state index is 14.4. The molecule has 0 aromatic heterocycles. The summed E-state index contributed by atoms with van der Waals surface area (Å²) < 4.78 is 13.2. The Morgan fingerprint density at radius 2 is 1.65 bits per heavy atom. The van der Waals surface area contributed by atoms with Crippen molar-refractivity contribution in [3.05, 3.63) is 71.8 Å². The van der Waals surface area contributed by atoms with Gasteiger partial charge in [-0.2, -0.15) is 0 Å². The first-order valence-electron chi connectivity index (χ1n) is 11.4. The summed E-state index contributed by atoms with van der Waals surface area (Å²) in [6.07, 6.45) is 1.68. The monoisotopic (exact) mass is 418 g/mol. The summed E-state index contributed by atoms with van der Waals surface area (Å²) in [4.78, 5) is 14.4. The predicted molar refractivity (Wildman–Crippen MR) is 112 cm³/mol. The molecule has 0 radical (unpaired) electrons. The zero-order valence-corrected chi connectivity index (χ0v) is 17.3. The summed E-state index contributed by atoms with van der Waals surface area (Å²) in [5.74, 6) is 0.0610. The summed E-state index contributed by atoms with van der Waals surface area (Å²) in [5, 5.41) is 22.6. The van der Waals surface area contributed by atoms with Gasteiger partial charge in [0, 0.05) is 13.2 Å². The summed E-state index contributed by atoms with van der Waals surface area (Å²) in [5.41, 5.74) is -3.30. The third-order valence-corrected chi connectivity index (χ3v) is 9.37. The van der Waals surface area contributed by atoms with Gasteiger partial charge in [-0.05, 0) is 36.8 Å². The fourth-order valence-electron chi connectivity index (χ4n) is 8.83. The van der Waals surface area contributed by atoms with Crippen LogP contribution in [-0.4, -0.2) is 52.6 Å². The number of aliphatic hydroxyl groups is 2. The minimum absolute atomic E-state index is 0.0000515. The summed E-state index contributed by atoms with van der Waals surface area (Å²) >= 11 is 0. The van der Waals surface area contributed by atoms with Crippen molar-refractivity contribution < 1.29 is 24.5 Å². The van der Waals surface area contributed by atoms with Crippen LogP contribution in [0.4, 0.5) is 0 Å². The number of hydrogen-bond donors (Lipinski definition) is 2. The molecule has 5 heteroatoms. The molecule has 2 saturated heterocycles. The van der Waals surface area contributed by atoms with Crippen LogP contribution in [0.1, 0.15) is 36.8 Å². The van der Waals surface area contributed by atoms with Gasteiger partial charge in [-0.1, -0.05) is 60.7 Å². The molecule has 5 fully saturated rings. The van der Waals surface area contributed by atoms with E-state index in [0.29, 0.717) is 25.9 Å². The third kappa shape index (κ3) is 1.40. The number of carbonyl (C=O) groups is 1. The molecule has 7 rings (SSSR count). The molecule has 1 spiro atoms. The molecule has 0 amide bonds. The Morgan fingerprint density at radius 1 is 0.968 bits per heavy atom. The van der Waals surface area contributed by atoms with Gasteiger partial charge in [0.1, 0.15) is 22.7 Å². The molecule has 31 heavy (non-hydrogen) atoms. The van der Waals surface area contributed by atoms with Crippen LogP contribution in [0, 0.1) is 5.41 Å². The topological polar surface area (TPSA) is 76.0 Å². The lowest BCUT2D eigenvalue weighted by atomic mass is 9.38. The number of benzene rings is 2. The molecule has 2 N–H and O–H groups in total. The number of Topliss-reactive ketones (excluding diaryl/α,β-unsaturated/α-hetero) is 1. The van der Waals surface area contributed by atoms with E-state index in [2.05, 4.69) is 0 Å². The van der Waals surface area contributed by atoms with Crippen LogP contribution in [0.3, 0.4) is 0 Å². The second kappa shape index (κ2) is 5.46. The van der Waals surface area contributed by atoms with E-state index in [1.165, 1.54) is 0 Å². The molecule has 7 atom stereocenters. The van der Waals surface area contributed by atoms with Gasteiger partial charge in [-0.25, -0.2) is 0 Å². The highest BCUT2D eigenvalue weighted by molar-refractivity contribution is 6.13. The van der Waals surface area contributed by atoms with Crippen LogP contribution in [-0.2, 0) is 25.1 Å². The largest absolute Gasteiger partial charge is 0.396 e. The lowest BCUT2D eigenvalue weighted by Crippen LogP contribution is -2.90. The Morgan fingerprint density at radius 3 is 2.32 bits per heavy atom. The Balaban J connectivity index is 1.58. The van der Waals surface area contributed by atoms with Crippen molar-refractivity contribution >= 4 is 5.78 Å². The smallest absolute Gasteiger partial charge is 0.159 e. The summed E-state index contributed by atoms with van der Waals surface area (Å²) in [6.45, 7) is 0.605. The van der Waals surface area contributed by atoms with Crippen molar-refractivity contribution in [3.63, 3.8) is 0 Å². The van der Waals surface area contributed by atoms with Crippen LogP contribution in [0.15, 0.2) is 60.7 Å². The van der Waals surface area contributed by atoms with Crippen molar-refractivity contribution in [3.8, 4) is 0 Å². The highest BCUT2D eigenvalue weighted by Gasteiger charge is 3.11. The van der Waals surface area contributed by atoms with E-state index in [1.54, 1.807) is 0 Å². The summed E-state index contributed by atoms with van der Waals surface area (Å²) in [7, 11) is 0. The number of fused-ring (bicyclic) bond motifs is 2. The second-order valence-corrected chi connectivity index (χ2v) is 9.93. The normalized spacial score (nSPS) is 48.1. The molecule has 1 unspecified atom stereocenters. The van der Waals surface area contributed by atoms with Gasteiger partial charge in [0.15, 0.2) is 5.78 Å². The molecule has 4 bridgehead atoms. The molecule has 2 heterocycles. The van der Waals surface area contributed by atoms with Gasteiger partial charge >= 0.3 is 0 Å². The second-order valence-electron chi connectivity index (χ2n) is 9.93. The first kappa shape index (κ1) is 18.5. The number of rotatable bonds is 5. The number of aliphatic hydroxyl groups excluding tert-OH is 1. The average Bonchev–Trinajstić information content (AvgIpc) is 3.15.